The molecule has 2 unspecified atom stereocenters. The van der Waals surface area contributed by atoms with Gasteiger partial charge in [-0.2, -0.15) is 0 Å². The zero-order chi connectivity index (χ0) is 21.6. The maximum Gasteiger partial charge on any atom is 0.306 e. The standard InChI is InChI=1S/C26H52O3/c1-3-5-18-21-24(4-2)25(26(28)29)22-19-16-14-12-10-8-6-7-9-11-13-15-17-20-23-27/h24-25,27H,3-23H2,1-2H3,(H,28,29). The van der Waals surface area contributed by atoms with Crippen LogP contribution in [0.3, 0.4) is 0 Å². The molecule has 0 aromatic carbocycles. The average Bonchev–Trinajstić information content (AvgIpc) is 2.71. The van der Waals surface area contributed by atoms with E-state index in [1.54, 1.807) is 0 Å². The van der Waals surface area contributed by atoms with Gasteiger partial charge in [0.15, 0.2) is 0 Å². The second-order valence-electron chi connectivity index (χ2n) is 9.07. The van der Waals surface area contributed by atoms with Crippen LogP contribution < -0.4 is 0 Å². The number of hydrogen-bond acceptors (Lipinski definition) is 2. The maximum absolute atomic E-state index is 11.7. The number of aliphatic hydroxyl groups excluding tert-OH is 1. The quantitative estimate of drug-likeness (QED) is 0.166. The summed E-state index contributed by atoms with van der Waals surface area (Å²) in [6, 6.07) is 0. The van der Waals surface area contributed by atoms with Gasteiger partial charge in [-0.05, 0) is 25.2 Å². The Morgan fingerprint density at radius 2 is 1.03 bits per heavy atom. The van der Waals surface area contributed by atoms with Crippen LogP contribution >= 0.6 is 0 Å². The van der Waals surface area contributed by atoms with E-state index in [0.717, 1.165) is 32.1 Å². The minimum atomic E-state index is -0.568. The Labute approximate surface area is 182 Å². The molecule has 0 aromatic rings. The van der Waals surface area contributed by atoms with E-state index in [4.69, 9.17) is 5.11 Å². The molecular weight excluding hydrogens is 360 g/mol. The lowest BCUT2D eigenvalue weighted by molar-refractivity contribution is -0.144. The summed E-state index contributed by atoms with van der Waals surface area (Å²) in [7, 11) is 0. The predicted octanol–water partition coefficient (Wildman–Crippen LogP) is 8.14. The summed E-state index contributed by atoms with van der Waals surface area (Å²) in [4.78, 5) is 11.7. The first-order chi connectivity index (χ1) is 14.2. The number of carboxylic acids is 1. The van der Waals surface area contributed by atoms with Crippen LogP contribution in [0.5, 0.6) is 0 Å². The normalized spacial score (nSPS) is 13.5. The molecule has 0 heterocycles. The number of rotatable bonds is 23. The van der Waals surface area contributed by atoms with Crippen molar-refractivity contribution in [2.24, 2.45) is 11.8 Å². The van der Waals surface area contributed by atoms with Gasteiger partial charge in [0.25, 0.3) is 0 Å². The van der Waals surface area contributed by atoms with Crippen molar-refractivity contribution < 1.29 is 15.0 Å². The van der Waals surface area contributed by atoms with E-state index in [1.807, 2.05) is 0 Å². The summed E-state index contributed by atoms with van der Waals surface area (Å²) >= 11 is 0. The van der Waals surface area contributed by atoms with Crippen molar-refractivity contribution in [3.63, 3.8) is 0 Å². The Kier molecular flexibility index (Phi) is 21.7. The lowest BCUT2D eigenvalue weighted by atomic mass is 9.82. The smallest absolute Gasteiger partial charge is 0.306 e. The van der Waals surface area contributed by atoms with E-state index >= 15 is 0 Å². The van der Waals surface area contributed by atoms with Gasteiger partial charge < -0.3 is 10.2 Å². The van der Waals surface area contributed by atoms with Crippen LogP contribution in [0.25, 0.3) is 0 Å². The zero-order valence-electron chi connectivity index (χ0n) is 19.8. The molecule has 0 saturated heterocycles. The fourth-order valence-electron chi connectivity index (χ4n) is 4.50. The van der Waals surface area contributed by atoms with Crippen LogP contribution in [0.4, 0.5) is 0 Å². The Balaban J connectivity index is 3.57. The second kappa shape index (κ2) is 22.1. The summed E-state index contributed by atoms with van der Waals surface area (Å²) in [6.45, 7) is 4.71. The zero-order valence-corrected chi connectivity index (χ0v) is 19.8. The number of unbranched alkanes of at least 4 members (excludes halogenated alkanes) is 15. The van der Waals surface area contributed by atoms with Crippen molar-refractivity contribution in [2.45, 2.75) is 142 Å². The van der Waals surface area contributed by atoms with Crippen molar-refractivity contribution in [3.05, 3.63) is 0 Å². The molecule has 2 atom stereocenters. The monoisotopic (exact) mass is 412 g/mol. The lowest BCUT2D eigenvalue weighted by Gasteiger charge is -2.22. The molecule has 3 nitrogen and oxygen atoms in total. The number of aliphatic carboxylic acids is 1. The Hall–Kier alpha value is -0.570. The van der Waals surface area contributed by atoms with E-state index in [1.165, 1.54) is 96.3 Å². The fraction of sp³-hybridized carbons (Fsp3) is 0.962. The molecule has 174 valence electrons. The van der Waals surface area contributed by atoms with Crippen molar-refractivity contribution in [3.8, 4) is 0 Å². The highest BCUT2D eigenvalue weighted by Crippen LogP contribution is 2.28. The largest absolute Gasteiger partial charge is 0.481 e. The van der Waals surface area contributed by atoms with Crippen LogP contribution in [0.1, 0.15) is 142 Å². The van der Waals surface area contributed by atoms with E-state index in [9.17, 15) is 9.90 Å². The topological polar surface area (TPSA) is 57.5 Å². The van der Waals surface area contributed by atoms with Gasteiger partial charge in [-0.1, -0.05) is 123 Å². The predicted molar refractivity (Wildman–Crippen MR) is 125 cm³/mol. The first-order valence-corrected chi connectivity index (χ1v) is 13.0. The van der Waals surface area contributed by atoms with Crippen LogP contribution in [0.2, 0.25) is 0 Å². The number of carbonyl (C=O) groups is 1. The Morgan fingerprint density at radius 3 is 1.41 bits per heavy atom. The molecule has 0 saturated carbocycles. The first kappa shape index (κ1) is 28.4. The van der Waals surface area contributed by atoms with E-state index < -0.39 is 5.97 Å². The first-order valence-electron chi connectivity index (χ1n) is 13.0. The molecule has 0 aromatic heterocycles. The third-order valence-corrected chi connectivity index (χ3v) is 6.51. The molecule has 2 N–H and O–H groups in total. The minimum Gasteiger partial charge on any atom is -0.481 e. The summed E-state index contributed by atoms with van der Waals surface area (Å²) in [5, 5.41) is 18.4. The molecule has 3 heteroatoms. The number of aliphatic hydroxyl groups is 1. The van der Waals surface area contributed by atoms with Gasteiger partial charge in [0.05, 0.1) is 5.92 Å². The van der Waals surface area contributed by atoms with E-state index in [0.29, 0.717) is 12.5 Å². The van der Waals surface area contributed by atoms with E-state index in [-0.39, 0.29) is 5.92 Å². The summed E-state index contributed by atoms with van der Waals surface area (Å²) in [5.74, 6) is -0.323. The molecule has 0 fully saturated rings. The Bertz CT molecular complexity index is 343. The van der Waals surface area contributed by atoms with Crippen LogP contribution in [0, 0.1) is 11.8 Å². The highest BCUT2D eigenvalue weighted by Gasteiger charge is 2.25. The van der Waals surface area contributed by atoms with Gasteiger partial charge in [0, 0.05) is 6.61 Å². The average molecular weight is 413 g/mol. The van der Waals surface area contributed by atoms with Crippen molar-refractivity contribution >= 4 is 5.97 Å². The van der Waals surface area contributed by atoms with Crippen LogP contribution in [-0.4, -0.2) is 22.8 Å². The third kappa shape index (κ3) is 18.0. The number of carboxylic acid groups (broad SMARTS) is 1. The SMILES string of the molecule is CCCCCC(CC)C(CCCCCCCCCCCCCCCCO)C(=O)O. The van der Waals surface area contributed by atoms with Crippen molar-refractivity contribution in [2.75, 3.05) is 6.61 Å². The van der Waals surface area contributed by atoms with Crippen LogP contribution in [-0.2, 0) is 4.79 Å². The van der Waals surface area contributed by atoms with Gasteiger partial charge in [-0.25, -0.2) is 0 Å². The molecule has 0 bridgehead atoms. The molecule has 29 heavy (non-hydrogen) atoms. The molecule has 0 aliphatic carbocycles. The molecule has 0 aliphatic rings. The minimum absolute atomic E-state index is 0.125. The lowest BCUT2D eigenvalue weighted by Crippen LogP contribution is -2.23. The van der Waals surface area contributed by atoms with Gasteiger partial charge in [-0.3, -0.25) is 4.79 Å². The van der Waals surface area contributed by atoms with Crippen molar-refractivity contribution in [1.82, 2.24) is 0 Å². The molecule has 0 spiro atoms. The summed E-state index contributed by atoms with van der Waals surface area (Å²) in [6.07, 6.45) is 24.4. The molecule has 0 aliphatic heterocycles. The Morgan fingerprint density at radius 1 is 0.621 bits per heavy atom. The fourth-order valence-corrected chi connectivity index (χ4v) is 4.50. The summed E-state index contributed by atoms with van der Waals surface area (Å²) in [5.41, 5.74) is 0. The molecule has 0 amide bonds. The highest BCUT2D eigenvalue weighted by molar-refractivity contribution is 5.70. The van der Waals surface area contributed by atoms with Crippen LogP contribution in [0.15, 0.2) is 0 Å². The molecule has 0 radical (unpaired) electrons. The number of hydrogen-bond donors (Lipinski definition) is 2. The third-order valence-electron chi connectivity index (χ3n) is 6.51. The summed E-state index contributed by atoms with van der Waals surface area (Å²) < 4.78 is 0. The van der Waals surface area contributed by atoms with Gasteiger partial charge >= 0.3 is 5.97 Å². The maximum atomic E-state index is 11.7. The van der Waals surface area contributed by atoms with E-state index in [2.05, 4.69) is 13.8 Å². The molecular formula is C26H52O3. The second-order valence-corrected chi connectivity index (χ2v) is 9.07. The highest BCUT2D eigenvalue weighted by atomic mass is 16.4. The van der Waals surface area contributed by atoms with Crippen molar-refractivity contribution in [1.29, 1.82) is 0 Å². The van der Waals surface area contributed by atoms with Gasteiger partial charge in [-0.15, -0.1) is 0 Å². The van der Waals surface area contributed by atoms with Gasteiger partial charge in [0.1, 0.15) is 0 Å². The van der Waals surface area contributed by atoms with Gasteiger partial charge in [0.2, 0.25) is 0 Å². The molecule has 0 rings (SSSR count).